The van der Waals surface area contributed by atoms with E-state index in [4.69, 9.17) is 0 Å². The van der Waals surface area contributed by atoms with Gasteiger partial charge in [-0.05, 0) is 43.3 Å². The summed E-state index contributed by atoms with van der Waals surface area (Å²) < 4.78 is 13.1. The van der Waals surface area contributed by atoms with Crippen LogP contribution in [0.25, 0.3) is 0 Å². The molecule has 1 N–H and O–H groups in total. The van der Waals surface area contributed by atoms with Gasteiger partial charge in [0.25, 0.3) is 0 Å². The molecule has 0 aliphatic carbocycles. The van der Waals surface area contributed by atoms with Crippen LogP contribution in [0.1, 0.15) is 13.3 Å². The van der Waals surface area contributed by atoms with Gasteiger partial charge in [0.15, 0.2) is 0 Å². The Balaban J connectivity index is 1.42. The summed E-state index contributed by atoms with van der Waals surface area (Å²) in [6.07, 6.45) is 0.277. The van der Waals surface area contributed by atoms with Crippen molar-refractivity contribution in [2.75, 3.05) is 47.8 Å². The number of anilines is 3. The van der Waals surface area contributed by atoms with Crippen molar-refractivity contribution >= 4 is 28.9 Å². The molecule has 4 rings (SSSR count). The number of carbonyl (C=O) groups is 2. The molecule has 2 aliphatic rings. The van der Waals surface area contributed by atoms with E-state index in [0.29, 0.717) is 12.2 Å². The average molecular weight is 396 g/mol. The van der Waals surface area contributed by atoms with E-state index < -0.39 is 0 Å². The second kappa shape index (κ2) is 8.21. The Morgan fingerprint density at radius 2 is 1.76 bits per heavy atom. The van der Waals surface area contributed by atoms with Gasteiger partial charge in [-0.1, -0.05) is 12.1 Å². The van der Waals surface area contributed by atoms with Crippen molar-refractivity contribution in [3.8, 4) is 0 Å². The Morgan fingerprint density at radius 1 is 1.07 bits per heavy atom. The fourth-order valence-corrected chi connectivity index (χ4v) is 4.05. The molecular formula is C22H25FN4O2. The number of rotatable bonds is 3. The smallest absolute Gasteiger partial charge is 0.241 e. The Bertz CT molecular complexity index is 894. The standard InChI is InChI=1S/C22H25FN4O2/c1-16-14-21(28)24-19-4-2-3-5-20(19)27(16)22(29)15-25-10-12-26(13-11-25)18-8-6-17(23)7-9-18/h2-9,16H,10-15H2,1H3,(H,24,28)/t16-/m1/s1. The van der Waals surface area contributed by atoms with Crippen LogP contribution < -0.4 is 15.1 Å². The Morgan fingerprint density at radius 3 is 2.48 bits per heavy atom. The summed E-state index contributed by atoms with van der Waals surface area (Å²) in [5.41, 5.74) is 2.43. The number of amides is 2. The first-order valence-electron chi connectivity index (χ1n) is 9.95. The highest BCUT2D eigenvalue weighted by Gasteiger charge is 2.31. The molecule has 0 aromatic heterocycles. The van der Waals surface area contributed by atoms with Crippen molar-refractivity contribution in [1.29, 1.82) is 0 Å². The van der Waals surface area contributed by atoms with Gasteiger partial charge >= 0.3 is 0 Å². The van der Waals surface area contributed by atoms with Gasteiger partial charge in [-0.25, -0.2) is 4.39 Å². The lowest BCUT2D eigenvalue weighted by Gasteiger charge is -2.37. The van der Waals surface area contributed by atoms with Gasteiger partial charge in [-0.15, -0.1) is 0 Å². The Kier molecular flexibility index (Phi) is 5.49. The van der Waals surface area contributed by atoms with Gasteiger partial charge in [0, 0.05) is 44.3 Å². The zero-order valence-electron chi connectivity index (χ0n) is 16.5. The number of piperazine rings is 1. The number of hydrogen-bond acceptors (Lipinski definition) is 4. The number of nitrogens with one attached hydrogen (secondary N) is 1. The van der Waals surface area contributed by atoms with Gasteiger partial charge in [0.2, 0.25) is 11.8 Å². The van der Waals surface area contributed by atoms with E-state index in [0.717, 1.165) is 37.6 Å². The van der Waals surface area contributed by atoms with Gasteiger partial charge < -0.3 is 15.1 Å². The lowest BCUT2D eigenvalue weighted by molar-refractivity contribution is -0.120. The maximum Gasteiger partial charge on any atom is 0.241 e. The maximum atomic E-state index is 13.2. The van der Waals surface area contributed by atoms with Crippen LogP contribution in [0.5, 0.6) is 0 Å². The quantitative estimate of drug-likeness (QED) is 0.867. The molecule has 2 aliphatic heterocycles. The van der Waals surface area contributed by atoms with E-state index >= 15 is 0 Å². The molecule has 1 fully saturated rings. The molecule has 0 spiro atoms. The number of fused-ring (bicyclic) bond motifs is 1. The van der Waals surface area contributed by atoms with Crippen molar-refractivity contribution in [3.63, 3.8) is 0 Å². The summed E-state index contributed by atoms with van der Waals surface area (Å²) >= 11 is 0. The van der Waals surface area contributed by atoms with Gasteiger partial charge in [-0.3, -0.25) is 14.5 Å². The zero-order valence-corrected chi connectivity index (χ0v) is 16.5. The molecule has 6 nitrogen and oxygen atoms in total. The van der Waals surface area contributed by atoms with Crippen molar-refractivity contribution in [3.05, 3.63) is 54.3 Å². The molecule has 0 unspecified atom stereocenters. The molecule has 1 saturated heterocycles. The lowest BCUT2D eigenvalue weighted by atomic mass is 10.1. The number of carbonyl (C=O) groups excluding carboxylic acids is 2. The van der Waals surface area contributed by atoms with Crippen molar-refractivity contribution in [2.24, 2.45) is 0 Å². The molecule has 152 valence electrons. The highest BCUT2D eigenvalue weighted by Crippen LogP contribution is 2.31. The van der Waals surface area contributed by atoms with Gasteiger partial charge in [0.05, 0.1) is 17.9 Å². The molecular weight excluding hydrogens is 371 g/mol. The molecule has 29 heavy (non-hydrogen) atoms. The molecule has 0 saturated carbocycles. The van der Waals surface area contributed by atoms with Gasteiger partial charge in [0.1, 0.15) is 5.82 Å². The van der Waals surface area contributed by atoms with E-state index in [1.165, 1.54) is 12.1 Å². The zero-order chi connectivity index (χ0) is 20.4. The van der Waals surface area contributed by atoms with Crippen molar-refractivity contribution < 1.29 is 14.0 Å². The molecule has 2 heterocycles. The Labute approximate surface area is 169 Å². The van der Waals surface area contributed by atoms with E-state index in [2.05, 4.69) is 15.1 Å². The van der Waals surface area contributed by atoms with Gasteiger partial charge in [-0.2, -0.15) is 0 Å². The second-order valence-electron chi connectivity index (χ2n) is 7.62. The molecule has 2 aromatic carbocycles. The van der Waals surface area contributed by atoms with Crippen LogP contribution in [0.3, 0.4) is 0 Å². The maximum absolute atomic E-state index is 13.2. The minimum atomic E-state index is -0.238. The number of para-hydroxylation sites is 2. The molecule has 0 radical (unpaired) electrons. The average Bonchev–Trinajstić information content (AvgIpc) is 2.83. The largest absolute Gasteiger partial charge is 0.369 e. The summed E-state index contributed by atoms with van der Waals surface area (Å²) in [5, 5.41) is 2.89. The lowest BCUT2D eigenvalue weighted by Crippen LogP contribution is -2.51. The third-order valence-corrected chi connectivity index (χ3v) is 5.55. The molecule has 0 bridgehead atoms. The van der Waals surface area contributed by atoms with Crippen molar-refractivity contribution in [2.45, 2.75) is 19.4 Å². The number of hydrogen-bond donors (Lipinski definition) is 1. The van der Waals surface area contributed by atoms with Crippen LogP contribution in [0, 0.1) is 5.82 Å². The summed E-state index contributed by atoms with van der Waals surface area (Å²) in [4.78, 5) is 31.4. The fourth-order valence-electron chi connectivity index (χ4n) is 4.05. The summed E-state index contributed by atoms with van der Waals surface area (Å²) in [6, 6.07) is 13.8. The summed E-state index contributed by atoms with van der Waals surface area (Å²) in [7, 11) is 0. The first kappa shape index (κ1) is 19.4. The van der Waals surface area contributed by atoms with E-state index in [1.807, 2.05) is 31.2 Å². The number of nitrogens with zero attached hydrogens (tertiary/aromatic N) is 3. The second-order valence-corrected chi connectivity index (χ2v) is 7.62. The molecule has 7 heteroatoms. The minimum absolute atomic E-state index is 0.00307. The number of halogens is 1. The minimum Gasteiger partial charge on any atom is -0.369 e. The van der Waals surface area contributed by atoms with E-state index in [9.17, 15) is 14.0 Å². The predicted molar refractivity (Wildman–Crippen MR) is 112 cm³/mol. The number of benzene rings is 2. The van der Waals surface area contributed by atoms with E-state index in [1.54, 1.807) is 17.0 Å². The van der Waals surface area contributed by atoms with Crippen LogP contribution in [-0.4, -0.2) is 55.5 Å². The predicted octanol–water partition coefficient (Wildman–Crippen LogP) is 2.71. The monoisotopic (exact) mass is 396 g/mol. The van der Waals surface area contributed by atoms with Crippen LogP contribution in [0.15, 0.2) is 48.5 Å². The molecule has 2 aromatic rings. The first-order valence-corrected chi connectivity index (χ1v) is 9.95. The summed E-state index contributed by atoms with van der Waals surface area (Å²) in [6.45, 7) is 5.29. The normalized spacial score (nSPS) is 20.1. The SMILES string of the molecule is C[C@@H]1CC(=O)Nc2ccccc2N1C(=O)CN1CCN(c2ccc(F)cc2)CC1. The van der Waals surface area contributed by atoms with Crippen LogP contribution in [0.4, 0.5) is 21.5 Å². The highest BCUT2D eigenvalue weighted by atomic mass is 19.1. The highest BCUT2D eigenvalue weighted by molar-refractivity contribution is 6.04. The fraction of sp³-hybridized carbons (Fsp3) is 0.364. The van der Waals surface area contributed by atoms with Crippen molar-refractivity contribution in [1.82, 2.24) is 4.90 Å². The van der Waals surface area contributed by atoms with Crippen LogP contribution >= 0.6 is 0 Å². The first-order chi connectivity index (χ1) is 14.0. The summed E-state index contributed by atoms with van der Waals surface area (Å²) in [5.74, 6) is -0.317. The van der Waals surface area contributed by atoms with Crippen LogP contribution in [-0.2, 0) is 9.59 Å². The third kappa shape index (κ3) is 4.24. The Hall–Kier alpha value is -2.93. The molecule has 2 amide bonds. The molecule has 1 atom stereocenters. The third-order valence-electron chi connectivity index (χ3n) is 5.55. The topological polar surface area (TPSA) is 55.9 Å². The van der Waals surface area contributed by atoms with Crippen LogP contribution in [0.2, 0.25) is 0 Å². The van der Waals surface area contributed by atoms with E-state index in [-0.39, 0.29) is 30.1 Å².